The molecule has 1 aliphatic rings. The van der Waals surface area contributed by atoms with Gasteiger partial charge in [-0.2, -0.15) is 4.31 Å². The van der Waals surface area contributed by atoms with Gasteiger partial charge in [0.25, 0.3) is 5.91 Å². The fourth-order valence-electron chi connectivity index (χ4n) is 3.11. The molecule has 0 bridgehead atoms. The minimum absolute atomic E-state index is 0.166. The first-order chi connectivity index (χ1) is 13.0. The van der Waals surface area contributed by atoms with Crippen molar-refractivity contribution in [2.75, 3.05) is 32.7 Å². The Labute approximate surface area is 160 Å². The summed E-state index contributed by atoms with van der Waals surface area (Å²) in [5, 5.41) is 2.83. The van der Waals surface area contributed by atoms with Gasteiger partial charge in [-0.1, -0.05) is 43.3 Å². The van der Waals surface area contributed by atoms with E-state index in [4.69, 9.17) is 0 Å². The van der Waals surface area contributed by atoms with Crippen LogP contribution in [0.4, 0.5) is 0 Å². The average Bonchev–Trinajstić information content (AvgIpc) is 2.73. The van der Waals surface area contributed by atoms with Crippen LogP contribution < -0.4 is 5.32 Å². The fourth-order valence-corrected chi connectivity index (χ4v) is 4.58. The molecule has 2 aromatic rings. The Morgan fingerprint density at radius 1 is 1.00 bits per heavy atom. The highest BCUT2D eigenvalue weighted by molar-refractivity contribution is 7.89. The predicted octanol–water partition coefficient (Wildman–Crippen LogP) is 1.94. The van der Waals surface area contributed by atoms with Gasteiger partial charge in [-0.05, 0) is 30.3 Å². The third-order valence-electron chi connectivity index (χ3n) is 4.81. The number of piperazine rings is 1. The van der Waals surface area contributed by atoms with E-state index < -0.39 is 10.0 Å². The SMILES string of the molecule is CCN1CCN(S(=O)(=O)c2cccc(C(=O)NCc3ccccc3)c2)CC1. The number of hydrogen-bond acceptors (Lipinski definition) is 4. The summed E-state index contributed by atoms with van der Waals surface area (Å²) < 4.78 is 27.3. The largest absolute Gasteiger partial charge is 0.348 e. The number of nitrogens with one attached hydrogen (secondary N) is 1. The van der Waals surface area contributed by atoms with Crippen molar-refractivity contribution in [2.24, 2.45) is 0 Å². The van der Waals surface area contributed by atoms with Gasteiger partial charge < -0.3 is 10.2 Å². The molecule has 1 fully saturated rings. The minimum atomic E-state index is -3.59. The van der Waals surface area contributed by atoms with Gasteiger partial charge in [0, 0.05) is 38.3 Å². The molecule has 2 aromatic carbocycles. The number of amides is 1. The van der Waals surface area contributed by atoms with E-state index in [9.17, 15) is 13.2 Å². The third-order valence-corrected chi connectivity index (χ3v) is 6.70. The molecule has 3 rings (SSSR count). The minimum Gasteiger partial charge on any atom is -0.348 e. The van der Waals surface area contributed by atoms with E-state index in [1.54, 1.807) is 18.2 Å². The standard InChI is InChI=1S/C20H25N3O3S/c1-2-22-11-13-23(14-12-22)27(25,26)19-10-6-9-18(15-19)20(24)21-16-17-7-4-3-5-8-17/h3-10,15H,2,11-14,16H2,1H3,(H,21,24). The summed E-state index contributed by atoms with van der Waals surface area (Å²) >= 11 is 0. The van der Waals surface area contributed by atoms with Crippen LogP contribution in [-0.2, 0) is 16.6 Å². The van der Waals surface area contributed by atoms with Crippen LogP contribution in [0.15, 0.2) is 59.5 Å². The highest BCUT2D eigenvalue weighted by Gasteiger charge is 2.28. The number of hydrogen-bond donors (Lipinski definition) is 1. The topological polar surface area (TPSA) is 69.7 Å². The molecule has 0 unspecified atom stereocenters. The number of carbonyl (C=O) groups excluding carboxylic acids is 1. The van der Waals surface area contributed by atoms with Crippen LogP contribution in [0, 0.1) is 0 Å². The maximum Gasteiger partial charge on any atom is 0.251 e. The van der Waals surface area contributed by atoms with E-state index in [0.717, 1.165) is 25.2 Å². The second kappa shape index (κ2) is 8.65. The summed E-state index contributed by atoms with van der Waals surface area (Å²) in [7, 11) is -3.59. The van der Waals surface area contributed by atoms with Crippen LogP contribution in [-0.4, -0.2) is 56.3 Å². The molecule has 0 aromatic heterocycles. The van der Waals surface area contributed by atoms with E-state index in [1.165, 1.54) is 10.4 Å². The summed E-state index contributed by atoms with van der Waals surface area (Å²) in [4.78, 5) is 14.8. The monoisotopic (exact) mass is 387 g/mol. The van der Waals surface area contributed by atoms with Gasteiger partial charge in [0.15, 0.2) is 0 Å². The van der Waals surface area contributed by atoms with Crippen LogP contribution in [0.2, 0.25) is 0 Å². The van der Waals surface area contributed by atoms with Crippen molar-refractivity contribution in [3.8, 4) is 0 Å². The Morgan fingerprint density at radius 2 is 1.70 bits per heavy atom. The van der Waals surface area contributed by atoms with Crippen LogP contribution in [0.3, 0.4) is 0 Å². The van der Waals surface area contributed by atoms with Crippen LogP contribution in [0.25, 0.3) is 0 Å². The fraction of sp³-hybridized carbons (Fsp3) is 0.350. The lowest BCUT2D eigenvalue weighted by atomic mass is 10.2. The predicted molar refractivity (Wildman–Crippen MR) is 105 cm³/mol. The summed E-state index contributed by atoms with van der Waals surface area (Å²) in [6.07, 6.45) is 0. The maximum atomic E-state index is 12.9. The lowest BCUT2D eigenvalue weighted by Crippen LogP contribution is -2.48. The third kappa shape index (κ3) is 4.74. The van der Waals surface area contributed by atoms with Crippen molar-refractivity contribution in [1.29, 1.82) is 0 Å². The number of benzene rings is 2. The first-order valence-electron chi connectivity index (χ1n) is 9.15. The normalized spacial score (nSPS) is 16.2. The van der Waals surface area contributed by atoms with E-state index in [2.05, 4.69) is 17.1 Å². The smallest absolute Gasteiger partial charge is 0.251 e. The van der Waals surface area contributed by atoms with Crippen molar-refractivity contribution in [2.45, 2.75) is 18.4 Å². The summed E-state index contributed by atoms with van der Waals surface area (Å²) in [5.41, 5.74) is 1.34. The highest BCUT2D eigenvalue weighted by atomic mass is 32.2. The zero-order chi connectivity index (χ0) is 19.3. The number of carbonyl (C=O) groups is 1. The molecule has 27 heavy (non-hydrogen) atoms. The number of likely N-dealkylation sites (N-methyl/N-ethyl adjacent to an activating group) is 1. The van der Waals surface area contributed by atoms with Gasteiger partial charge in [-0.25, -0.2) is 8.42 Å². The molecule has 7 heteroatoms. The molecular formula is C20H25N3O3S. The molecule has 0 aliphatic carbocycles. The molecule has 144 valence electrons. The van der Waals surface area contributed by atoms with Crippen LogP contribution in [0.1, 0.15) is 22.8 Å². The number of sulfonamides is 1. The second-order valence-corrected chi connectivity index (χ2v) is 8.47. The van der Waals surface area contributed by atoms with E-state index in [-0.39, 0.29) is 10.8 Å². The first-order valence-corrected chi connectivity index (χ1v) is 10.6. The van der Waals surface area contributed by atoms with E-state index >= 15 is 0 Å². The van der Waals surface area contributed by atoms with Crippen LogP contribution in [0.5, 0.6) is 0 Å². The molecule has 1 N–H and O–H groups in total. The number of nitrogens with zero attached hydrogens (tertiary/aromatic N) is 2. The summed E-state index contributed by atoms with van der Waals surface area (Å²) in [6, 6.07) is 15.9. The van der Waals surface area contributed by atoms with Gasteiger partial charge in [0.1, 0.15) is 0 Å². The molecule has 1 saturated heterocycles. The zero-order valence-corrected chi connectivity index (χ0v) is 16.3. The molecule has 0 atom stereocenters. The van der Waals surface area contributed by atoms with Gasteiger partial charge >= 0.3 is 0 Å². The lowest BCUT2D eigenvalue weighted by molar-refractivity contribution is 0.0950. The van der Waals surface area contributed by atoms with E-state index in [0.29, 0.717) is 25.2 Å². The van der Waals surface area contributed by atoms with Gasteiger partial charge in [0.05, 0.1) is 4.90 Å². The summed E-state index contributed by atoms with van der Waals surface area (Å²) in [6.45, 7) is 5.80. The molecule has 1 aliphatic heterocycles. The van der Waals surface area contributed by atoms with Crippen molar-refractivity contribution in [1.82, 2.24) is 14.5 Å². The highest BCUT2D eigenvalue weighted by Crippen LogP contribution is 2.19. The maximum absolute atomic E-state index is 12.9. The Kier molecular flexibility index (Phi) is 6.26. The Morgan fingerprint density at radius 3 is 2.37 bits per heavy atom. The Bertz CT molecular complexity index is 876. The van der Waals surface area contributed by atoms with Gasteiger partial charge in [-0.3, -0.25) is 4.79 Å². The van der Waals surface area contributed by atoms with Crippen molar-refractivity contribution < 1.29 is 13.2 Å². The van der Waals surface area contributed by atoms with Gasteiger partial charge in [0.2, 0.25) is 10.0 Å². The molecule has 1 heterocycles. The van der Waals surface area contributed by atoms with Gasteiger partial charge in [-0.15, -0.1) is 0 Å². The quantitative estimate of drug-likeness (QED) is 0.822. The lowest BCUT2D eigenvalue weighted by Gasteiger charge is -2.33. The molecule has 0 spiro atoms. The second-order valence-electron chi connectivity index (χ2n) is 6.53. The average molecular weight is 388 g/mol. The summed E-state index contributed by atoms with van der Waals surface area (Å²) in [5.74, 6) is -0.285. The zero-order valence-electron chi connectivity index (χ0n) is 15.5. The Hall–Kier alpha value is -2.22. The van der Waals surface area contributed by atoms with Crippen molar-refractivity contribution in [3.05, 3.63) is 65.7 Å². The number of rotatable bonds is 6. The molecular weight excluding hydrogens is 362 g/mol. The molecule has 0 radical (unpaired) electrons. The Balaban J connectivity index is 1.70. The first kappa shape index (κ1) is 19.5. The van der Waals surface area contributed by atoms with E-state index in [1.807, 2.05) is 30.3 Å². The molecule has 1 amide bonds. The van der Waals surface area contributed by atoms with Crippen LogP contribution >= 0.6 is 0 Å². The molecule has 6 nitrogen and oxygen atoms in total. The molecule has 0 saturated carbocycles. The van der Waals surface area contributed by atoms with Crippen molar-refractivity contribution >= 4 is 15.9 Å². The van der Waals surface area contributed by atoms with Crippen molar-refractivity contribution in [3.63, 3.8) is 0 Å².